The summed E-state index contributed by atoms with van der Waals surface area (Å²) in [5.41, 5.74) is 1.38. The van der Waals surface area contributed by atoms with Crippen LogP contribution >= 0.6 is 0 Å². The van der Waals surface area contributed by atoms with Crippen molar-refractivity contribution in [2.45, 2.75) is 103 Å². The number of alkyl halides is 2. The van der Waals surface area contributed by atoms with Crippen LogP contribution in [0.25, 0.3) is 0 Å². The molecule has 0 aromatic heterocycles. The van der Waals surface area contributed by atoms with Gasteiger partial charge in [-0.05, 0) is 55.2 Å². The molecule has 0 N–H and O–H groups in total. The van der Waals surface area contributed by atoms with Gasteiger partial charge in [0.25, 0.3) is 0 Å². The van der Waals surface area contributed by atoms with Gasteiger partial charge < -0.3 is 4.74 Å². The van der Waals surface area contributed by atoms with Gasteiger partial charge in [0.15, 0.2) is 0 Å². The highest BCUT2D eigenvalue weighted by Crippen LogP contribution is 2.38. The second-order valence-corrected chi connectivity index (χ2v) is 8.45. The van der Waals surface area contributed by atoms with Gasteiger partial charge in [0.1, 0.15) is 0 Å². The Morgan fingerprint density at radius 3 is 2.11 bits per heavy atom. The first kappa shape index (κ1) is 22.8. The fraction of sp³-hybridized carbons (Fsp3) is 0.708. The SMILES string of the molecule is CCCCCCCCCC1CCC(c2ccc(C(=O)OC(C)(F)F)cc2)CC1. The molecule has 28 heavy (non-hydrogen) atoms. The number of ether oxygens (including phenoxy) is 1. The smallest absolute Gasteiger partial charge is 0.397 e. The first-order chi connectivity index (χ1) is 13.4. The fourth-order valence-electron chi connectivity index (χ4n) is 4.29. The van der Waals surface area contributed by atoms with E-state index < -0.39 is 12.1 Å². The molecule has 1 aromatic carbocycles. The summed E-state index contributed by atoms with van der Waals surface area (Å²) in [6.07, 6.45) is 12.4. The molecule has 0 heterocycles. The third-order valence-corrected chi connectivity index (χ3v) is 5.95. The van der Waals surface area contributed by atoms with Crippen LogP contribution in [0.5, 0.6) is 0 Å². The second-order valence-electron chi connectivity index (χ2n) is 8.45. The molecule has 0 bridgehead atoms. The molecule has 1 aromatic rings. The first-order valence-electron chi connectivity index (χ1n) is 11.1. The lowest BCUT2D eigenvalue weighted by Gasteiger charge is -2.29. The van der Waals surface area contributed by atoms with Crippen LogP contribution in [0.15, 0.2) is 24.3 Å². The number of hydrogen-bond acceptors (Lipinski definition) is 2. The topological polar surface area (TPSA) is 26.3 Å². The predicted octanol–water partition coefficient (Wildman–Crippen LogP) is 7.87. The molecule has 158 valence electrons. The average Bonchev–Trinajstić information content (AvgIpc) is 2.67. The zero-order valence-corrected chi connectivity index (χ0v) is 17.5. The van der Waals surface area contributed by atoms with E-state index in [-0.39, 0.29) is 5.56 Å². The average molecular weight is 395 g/mol. The standard InChI is InChI=1S/C24H36F2O2/c1-3-4-5-6-7-8-9-10-19-11-13-20(14-12-19)21-15-17-22(18-16-21)23(27)28-24(2,25)26/h15-20H,3-14H2,1-2H3. The molecule has 0 radical (unpaired) electrons. The molecule has 0 amide bonds. The molecule has 2 rings (SSSR count). The molecule has 1 saturated carbocycles. The Balaban J connectivity index is 1.68. The quantitative estimate of drug-likeness (QED) is 0.282. The molecule has 1 fully saturated rings. The lowest BCUT2D eigenvalue weighted by atomic mass is 9.77. The monoisotopic (exact) mass is 394 g/mol. The first-order valence-corrected chi connectivity index (χ1v) is 11.1. The van der Waals surface area contributed by atoms with E-state index in [0.29, 0.717) is 12.8 Å². The van der Waals surface area contributed by atoms with Crippen molar-refractivity contribution in [3.05, 3.63) is 35.4 Å². The molecule has 0 atom stereocenters. The highest BCUT2D eigenvalue weighted by Gasteiger charge is 2.27. The van der Waals surface area contributed by atoms with Crippen molar-refractivity contribution in [1.29, 1.82) is 0 Å². The maximum Gasteiger partial charge on any atom is 0.397 e. The Morgan fingerprint density at radius 2 is 1.54 bits per heavy atom. The van der Waals surface area contributed by atoms with Crippen LogP contribution in [0.4, 0.5) is 8.78 Å². The van der Waals surface area contributed by atoms with E-state index in [1.807, 2.05) is 12.1 Å². The van der Waals surface area contributed by atoms with Crippen molar-refractivity contribution < 1.29 is 18.3 Å². The van der Waals surface area contributed by atoms with Gasteiger partial charge in [-0.2, -0.15) is 8.78 Å². The van der Waals surface area contributed by atoms with E-state index in [1.54, 1.807) is 12.1 Å². The van der Waals surface area contributed by atoms with Crippen molar-refractivity contribution >= 4 is 5.97 Å². The van der Waals surface area contributed by atoms with Crippen LogP contribution in [-0.2, 0) is 4.74 Å². The van der Waals surface area contributed by atoms with Crippen molar-refractivity contribution in [2.24, 2.45) is 5.92 Å². The molecule has 1 aliphatic rings. The van der Waals surface area contributed by atoms with Gasteiger partial charge in [0.2, 0.25) is 0 Å². The maximum atomic E-state index is 12.8. The molecule has 0 unspecified atom stereocenters. The minimum absolute atomic E-state index is 0.179. The summed E-state index contributed by atoms with van der Waals surface area (Å²) in [6, 6.07) is 7.00. The van der Waals surface area contributed by atoms with Crippen molar-refractivity contribution in [3.8, 4) is 0 Å². The van der Waals surface area contributed by atoms with Gasteiger partial charge in [-0.3, -0.25) is 0 Å². The minimum Gasteiger partial charge on any atom is -0.397 e. The van der Waals surface area contributed by atoms with E-state index in [1.165, 1.54) is 82.6 Å². The Hall–Kier alpha value is -1.45. The summed E-state index contributed by atoms with van der Waals surface area (Å²) in [5, 5.41) is 0. The summed E-state index contributed by atoms with van der Waals surface area (Å²) < 4.78 is 29.7. The maximum absolute atomic E-state index is 12.8. The van der Waals surface area contributed by atoms with Gasteiger partial charge in [-0.1, -0.05) is 70.4 Å². The molecule has 4 heteroatoms. The number of carbonyl (C=O) groups excluding carboxylic acids is 1. The molecule has 0 spiro atoms. The molecular weight excluding hydrogens is 358 g/mol. The predicted molar refractivity (Wildman–Crippen MR) is 110 cm³/mol. The van der Waals surface area contributed by atoms with Crippen LogP contribution in [0, 0.1) is 5.92 Å². The third-order valence-electron chi connectivity index (χ3n) is 5.95. The fourth-order valence-corrected chi connectivity index (χ4v) is 4.29. The van der Waals surface area contributed by atoms with Gasteiger partial charge >= 0.3 is 12.1 Å². The normalized spacial score (nSPS) is 20.1. The zero-order valence-electron chi connectivity index (χ0n) is 17.5. The van der Waals surface area contributed by atoms with Crippen LogP contribution in [0.1, 0.15) is 113 Å². The number of benzene rings is 1. The number of rotatable bonds is 11. The second kappa shape index (κ2) is 11.5. The number of carbonyl (C=O) groups is 1. The van der Waals surface area contributed by atoms with Crippen molar-refractivity contribution in [1.82, 2.24) is 0 Å². The molecule has 1 aliphatic carbocycles. The summed E-state index contributed by atoms with van der Waals surface area (Å²) in [4.78, 5) is 11.7. The Bertz CT molecular complexity index is 569. The van der Waals surface area contributed by atoms with Gasteiger partial charge in [0.05, 0.1) is 5.56 Å². The van der Waals surface area contributed by atoms with Crippen LogP contribution in [-0.4, -0.2) is 12.1 Å². The van der Waals surface area contributed by atoms with Gasteiger partial charge in [-0.25, -0.2) is 4.79 Å². The Kier molecular flexibility index (Phi) is 9.40. The number of esters is 1. The minimum atomic E-state index is -3.44. The highest BCUT2D eigenvalue weighted by molar-refractivity contribution is 5.89. The number of halogens is 2. The lowest BCUT2D eigenvalue weighted by Crippen LogP contribution is -2.21. The van der Waals surface area contributed by atoms with Crippen molar-refractivity contribution in [3.63, 3.8) is 0 Å². The van der Waals surface area contributed by atoms with Crippen LogP contribution < -0.4 is 0 Å². The Labute approximate surface area is 169 Å². The number of hydrogen-bond donors (Lipinski definition) is 0. The van der Waals surface area contributed by atoms with Crippen LogP contribution in [0.2, 0.25) is 0 Å². The molecule has 2 nitrogen and oxygen atoms in total. The highest BCUT2D eigenvalue weighted by atomic mass is 19.3. The molecule has 0 saturated heterocycles. The Morgan fingerprint density at radius 1 is 0.964 bits per heavy atom. The summed E-state index contributed by atoms with van der Waals surface area (Å²) >= 11 is 0. The zero-order chi connectivity index (χ0) is 20.4. The summed E-state index contributed by atoms with van der Waals surface area (Å²) in [6.45, 7) is 2.83. The third kappa shape index (κ3) is 8.28. The van der Waals surface area contributed by atoms with Gasteiger partial charge in [0, 0.05) is 6.92 Å². The van der Waals surface area contributed by atoms with E-state index in [0.717, 1.165) is 5.92 Å². The van der Waals surface area contributed by atoms with Crippen molar-refractivity contribution in [2.75, 3.05) is 0 Å². The van der Waals surface area contributed by atoms with E-state index in [4.69, 9.17) is 0 Å². The van der Waals surface area contributed by atoms with E-state index in [2.05, 4.69) is 11.7 Å². The number of unbranched alkanes of at least 4 members (excludes halogenated alkanes) is 6. The lowest BCUT2D eigenvalue weighted by molar-refractivity contribution is -0.185. The molecular formula is C24H36F2O2. The van der Waals surface area contributed by atoms with Crippen LogP contribution in [0.3, 0.4) is 0 Å². The molecule has 0 aliphatic heterocycles. The van der Waals surface area contributed by atoms with Gasteiger partial charge in [-0.15, -0.1) is 0 Å². The summed E-state index contributed by atoms with van der Waals surface area (Å²) in [7, 11) is 0. The van der Waals surface area contributed by atoms with E-state index >= 15 is 0 Å². The largest absolute Gasteiger partial charge is 0.397 e. The summed E-state index contributed by atoms with van der Waals surface area (Å²) in [5.74, 6) is 0.397. The van der Waals surface area contributed by atoms with E-state index in [9.17, 15) is 13.6 Å².